The number of sulfone groups is 1. The predicted octanol–water partition coefficient (Wildman–Crippen LogP) is 1.79. The predicted molar refractivity (Wildman–Crippen MR) is 75.5 cm³/mol. The molecule has 0 bridgehead atoms. The van der Waals surface area contributed by atoms with E-state index in [1.165, 1.54) is 6.26 Å². The molecular formula is C13H27NO3S. The van der Waals surface area contributed by atoms with Crippen molar-refractivity contribution in [3.05, 3.63) is 0 Å². The molecule has 1 N–H and O–H groups in total. The lowest BCUT2D eigenvalue weighted by Gasteiger charge is -2.31. The fraction of sp³-hybridized carbons (Fsp3) is 0.923. The Balaban J connectivity index is 4.90. The van der Waals surface area contributed by atoms with E-state index in [0.717, 1.165) is 0 Å². The number of Topliss-reactive ketones (excluding diaryl/α,β-unsaturated/α-hetero) is 1. The van der Waals surface area contributed by atoms with Gasteiger partial charge < -0.3 is 5.32 Å². The lowest BCUT2D eigenvalue weighted by Crippen LogP contribution is -2.51. The molecule has 0 aliphatic rings. The van der Waals surface area contributed by atoms with Crippen molar-refractivity contribution >= 4 is 15.6 Å². The van der Waals surface area contributed by atoms with Crippen molar-refractivity contribution in [2.24, 2.45) is 5.41 Å². The summed E-state index contributed by atoms with van der Waals surface area (Å²) in [6.07, 6.45) is 1.52. The molecule has 4 nitrogen and oxygen atoms in total. The first-order chi connectivity index (χ1) is 7.72. The largest absolute Gasteiger partial charge is 0.303 e. The molecule has 0 aromatic heterocycles. The Morgan fingerprint density at radius 3 is 1.83 bits per heavy atom. The van der Waals surface area contributed by atoms with Gasteiger partial charge in [0.15, 0.2) is 5.78 Å². The molecule has 1 unspecified atom stereocenters. The Hall–Kier alpha value is -0.420. The van der Waals surface area contributed by atoms with E-state index in [4.69, 9.17) is 0 Å². The Kier molecular flexibility index (Phi) is 5.56. The highest BCUT2D eigenvalue weighted by molar-refractivity contribution is 7.90. The summed E-state index contributed by atoms with van der Waals surface area (Å²) < 4.78 is 22.5. The van der Waals surface area contributed by atoms with Gasteiger partial charge in [0.2, 0.25) is 0 Å². The molecule has 0 fully saturated rings. The van der Waals surface area contributed by atoms with E-state index in [9.17, 15) is 13.2 Å². The number of nitrogens with one attached hydrogen (secondary N) is 1. The van der Waals surface area contributed by atoms with Crippen LogP contribution in [0.25, 0.3) is 0 Å². The van der Waals surface area contributed by atoms with Gasteiger partial charge in [-0.3, -0.25) is 4.79 Å². The van der Waals surface area contributed by atoms with E-state index < -0.39 is 21.3 Å². The molecule has 0 spiro atoms. The van der Waals surface area contributed by atoms with Crippen LogP contribution in [0, 0.1) is 5.41 Å². The molecule has 0 heterocycles. The van der Waals surface area contributed by atoms with Crippen LogP contribution in [0.4, 0.5) is 0 Å². The van der Waals surface area contributed by atoms with Crippen molar-refractivity contribution < 1.29 is 13.2 Å². The average Bonchev–Trinajstić information content (AvgIpc) is 2.06. The second kappa shape index (κ2) is 5.70. The first-order valence-electron chi connectivity index (χ1n) is 6.22. The highest BCUT2D eigenvalue weighted by Crippen LogP contribution is 2.20. The molecule has 0 saturated heterocycles. The molecule has 18 heavy (non-hydrogen) atoms. The molecule has 0 aliphatic carbocycles. The van der Waals surface area contributed by atoms with E-state index in [1.54, 1.807) is 0 Å². The third kappa shape index (κ3) is 7.82. The number of carbonyl (C=O) groups is 1. The van der Waals surface area contributed by atoms with Gasteiger partial charge in [-0.05, 0) is 27.2 Å². The normalized spacial score (nSPS) is 15.5. The quantitative estimate of drug-likeness (QED) is 0.832. The zero-order chi connectivity index (χ0) is 14.8. The van der Waals surface area contributed by atoms with Crippen LogP contribution in [0.3, 0.4) is 0 Å². The molecule has 0 amide bonds. The van der Waals surface area contributed by atoms with Crippen molar-refractivity contribution in [3.63, 3.8) is 0 Å². The minimum atomic E-state index is -3.05. The van der Waals surface area contributed by atoms with Gasteiger partial charge in [-0.1, -0.05) is 20.8 Å². The Morgan fingerprint density at radius 2 is 1.56 bits per heavy atom. The number of hydrogen-bond donors (Lipinski definition) is 1. The monoisotopic (exact) mass is 277 g/mol. The van der Waals surface area contributed by atoms with Crippen molar-refractivity contribution in [1.29, 1.82) is 0 Å². The van der Waals surface area contributed by atoms with Crippen LogP contribution in [0.1, 0.15) is 48.0 Å². The maximum Gasteiger partial charge on any atom is 0.155 e. The molecule has 1 atom stereocenters. The zero-order valence-electron chi connectivity index (χ0n) is 12.6. The maximum absolute atomic E-state index is 12.3. The standard InChI is InChI=1S/C13H27NO3S/c1-12(2,3)11(15)10(14-13(4,5)6)8-9-18(7,16)17/h10,14H,8-9H2,1-7H3. The van der Waals surface area contributed by atoms with Gasteiger partial charge in [0, 0.05) is 17.2 Å². The smallest absolute Gasteiger partial charge is 0.155 e. The average molecular weight is 277 g/mol. The van der Waals surface area contributed by atoms with Crippen LogP contribution in [0.2, 0.25) is 0 Å². The molecule has 0 saturated carbocycles. The SMILES string of the molecule is CC(C)(C)NC(CCS(C)(=O)=O)C(=O)C(C)(C)C. The Bertz CT molecular complexity index is 385. The zero-order valence-corrected chi connectivity index (χ0v) is 13.4. The summed E-state index contributed by atoms with van der Waals surface area (Å²) in [5, 5.41) is 3.22. The third-order valence-corrected chi connectivity index (χ3v) is 3.42. The number of hydrogen-bond acceptors (Lipinski definition) is 4. The van der Waals surface area contributed by atoms with Crippen molar-refractivity contribution in [2.45, 2.75) is 59.5 Å². The van der Waals surface area contributed by atoms with E-state index in [1.807, 2.05) is 41.5 Å². The van der Waals surface area contributed by atoms with Gasteiger partial charge in [-0.2, -0.15) is 0 Å². The fourth-order valence-electron chi connectivity index (χ4n) is 1.65. The second-order valence-corrected chi connectivity index (χ2v) is 9.24. The van der Waals surface area contributed by atoms with Crippen molar-refractivity contribution in [3.8, 4) is 0 Å². The van der Waals surface area contributed by atoms with Crippen LogP contribution < -0.4 is 5.32 Å². The van der Waals surface area contributed by atoms with Crippen molar-refractivity contribution in [2.75, 3.05) is 12.0 Å². The first kappa shape index (κ1) is 17.6. The maximum atomic E-state index is 12.3. The summed E-state index contributed by atoms with van der Waals surface area (Å²) >= 11 is 0. The highest BCUT2D eigenvalue weighted by atomic mass is 32.2. The van der Waals surface area contributed by atoms with Crippen LogP contribution in [0.5, 0.6) is 0 Å². The topological polar surface area (TPSA) is 63.2 Å². The summed E-state index contributed by atoms with van der Waals surface area (Å²) in [5.41, 5.74) is -0.691. The Labute approximate surface area is 111 Å². The summed E-state index contributed by atoms with van der Waals surface area (Å²) in [4.78, 5) is 12.3. The molecule has 0 rings (SSSR count). The molecule has 0 radical (unpaired) electrons. The number of rotatable bonds is 5. The summed E-state index contributed by atoms with van der Waals surface area (Å²) in [6, 6.07) is -0.417. The summed E-state index contributed by atoms with van der Waals surface area (Å²) in [6.45, 7) is 11.5. The van der Waals surface area contributed by atoms with Gasteiger partial charge >= 0.3 is 0 Å². The summed E-state index contributed by atoms with van der Waals surface area (Å²) in [5.74, 6) is 0.0869. The van der Waals surface area contributed by atoms with E-state index in [2.05, 4.69) is 5.32 Å². The van der Waals surface area contributed by atoms with Crippen LogP contribution in [-0.2, 0) is 14.6 Å². The minimum absolute atomic E-state index is 0.0303. The minimum Gasteiger partial charge on any atom is -0.303 e. The van der Waals surface area contributed by atoms with Crippen LogP contribution in [0.15, 0.2) is 0 Å². The fourth-order valence-corrected chi connectivity index (χ4v) is 2.31. The van der Waals surface area contributed by atoms with E-state index >= 15 is 0 Å². The van der Waals surface area contributed by atoms with Gasteiger partial charge in [0.25, 0.3) is 0 Å². The molecule has 0 aromatic rings. The molecular weight excluding hydrogens is 250 g/mol. The number of ketones is 1. The highest BCUT2D eigenvalue weighted by Gasteiger charge is 2.32. The molecule has 108 valence electrons. The Morgan fingerprint density at radius 1 is 1.11 bits per heavy atom. The van der Waals surface area contributed by atoms with Gasteiger partial charge in [-0.25, -0.2) is 8.42 Å². The third-order valence-electron chi connectivity index (χ3n) is 2.44. The first-order valence-corrected chi connectivity index (χ1v) is 8.28. The summed E-state index contributed by atoms with van der Waals surface area (Å²) in [7, 11) is -3.05. The van der Waals surface area contributed by atoms with E-state index in [0.29, 0.717) is 6.42 Å². The molecule has 5 heteroatoms. The van der Waals surface area contributed by atoms with Gasteiger partial charge in [0.05, 0.1) is 11.8 Å². The van der Waals surface area contributed by atoms with Crippen LogP contribution in [-0.4, -0.2) is 37.8 Å². The lowest BCUT2D eigenvalue weighted by molar-refractivity contribution is -0.129. The van der Waals surface area contributed by atoms with E-state index in [-0.39, 0.29) is 17.1 Å². The van der Waals surface area contributed by atoms with Gasteiger partial charge in [0.1, 0.15) is 9.84 Å². The van der Waals surface area contributed by atoms with Crippen LogP contribution >= 0.6 is 0 Å². The van der Waals surface area contributed by atoms with Crippen molar-refractivity contribution in [1.82, 2.24) is 5.32 Å². The number of carbonyl (C=O) groups excluding carboxylic acids is 1. The molecule has 0 aromatic carbocycles. The van der Waals surface area contributed by atoms with Gasteiger partial charge in [-0.15, -0.1) is 0 Å². The molecule has 0 aliphatic heterocycles. The lowest BCUT2D eigenvalue weighted by atomic mass is 9.84. The second-order valence-electron chi connectivity index (χ2n) is 6.98.